The molecule has 0 bridgehead atoms. The molecule has 3 aromatic rings. The predicted molar refractivity (Wildman–Crippen MR) is 78.5 cm³/mol. The molecule has 2 aromatic heterocycles. The van der Waals surface area contributed by atoms with E-state index in [0.29, 0.717) is 18.1 Å². The number of amides is 1. The van der Waals surface area contributed by atoms with Crippen LogP contribution in [0.1, 0.15) is 16.3 Å². The van der Waals surface area contributed by atoms with Crippen molar-refractivity contribution in [3.05, 3.63) is 54.2 Å². The fraction of sp³-hybridized carbons (Fsp3) is 0.200. The van der Waals surface area contributed by atoms with Crippen molar-refractivity contribution in [2.24, 2.45) is 7.05 Å². The van der Waals surface area contributed by atoms with Gasteiger partial charge in [0.2, 0.25) is 0 Å². The first-order valence-corrected chi connectivity index (χ1v) is 6.60. The molecule has 0 atom stereocenters. The Bertz CT molecular complexity index is 781. The van der Waals surface area contributed by atoms with E-state index in [9.17, 15) is 4.79 Å². The molecule has 0 aliphatic heterocycles. The first kappa shape index (κ1) is 13.2. The second-order valence-electron chi connectivity index (χ2n) is 4.82. The van der Waals surface area contributed by atoms with Crippen LogP contribution in [0.15, 0.2) is 42.7 Å². The number of hydrogen-bond donors (Lipinski definition) is 0. The van der Waals surface area contributed by atoms with E-state index in [4.69, 9.17) is 0 Å². The summed E-state index contributed by atoms with van der Waals surface area (Å²) in [5.74, 6) is 0.466. The van der Waals surface area contributed by atoms with Crippen molar-refractivity contribution < 1.29 is 4.79 Å². The van der Waals surface area contributed by atoms with Crippen LogP contribution in [0.3, 0.4) is 0 Å². The Morgan fingerprint density at radius 1 is 1.19 bits per heavy atom. The van der Waals surface area contributed by atoms with Gasteiger partial charge in [0.25, 0.3) is 5.91 Å². The van der Waals surface area contributed by atoms with Gasteiger partial charge in [0.05, 0.1) is 12.1 Å². The zero-order chi connectivity index (χ0) is 14.8. The topological polar surface area (TPSA) is 63.9 Å². The van der Waals surface area contributed by atoms with Gasteiger partial charge in [0.15, 0.2) is 5.69 Å². The number of nitrogens with zero attached hydrogens (tertiary/aromatic N) is 5. The predicted octanol–water partition coefficient (Wildman–Crippen LogP) is 1.64. The van der Waals surface area contributed by atoms with Crippen LogP contribution in [-0.2, 0) is 13.6 Å². The van der Waals surface area contributed by atoms with Gasteiger partial charge in [0, 0.05) is 31.9 Å². The summed E-state index contributed by atoms with van der Waals surface area (Å²) in [5, 5.41) is 5.19. The van der Waals surface area contributed by atoms with Crippen LogP contribution >= 0.6 is 0 Å². The highest BCUT2D eigenvalue weighted by Gasteiger charge is 2.19. The average molecular weight is 281 g/mol. The number of carbonyl (C=O) groups is 1. The number of para-hydroxylation sites is 1. The van der Waals surface area contributed by atoms with Crippen LogP contribution in [0.5, 0.6) is 0 Å². The van der Waals surface area contributed by atoms with E-state index in [1.807, 2.05) is 31.3 Å². The second kappa shape index (κ2) is 5.32. The summed E-state index contributed by atoms with van der Waals surface area (Å²) in [5.41, 5.74) is 1.39. The molecule has 0 radical (unpaired) electrons. The van der Waals surface area contributed by atoms with Crippen LogP contribution in [0, 0.1) is 0 Å². The molecular weight excluding hydrogens is 266 g/mol. The largest absolute Gasteiger partial charge is 0.333 e. The maximum Gasteiger partial charge on any atom is 0.275 e. The molecule has 0 N–H and O–H groups in total. The van der Waals surface area contributed by atoms with Gasteiger partial charge in [-0.15, -0.1) is 0 Å². The van der Waals surface area contributed by atoms with E-state index < -0.39 is 0 Å². The van der Waals surface area contributed by atoms with E-state index >= 15 is 0 Å². The van der Waals surface area contributed by atoms with Crippen molar-refractivity contribution in [3.63, 3.8) is 0 Å². The van der Waals surface area contributed by atoms with Gasteiger partial charge < -0.3 is 4.90 Å². The van der Waals surface area contributed by atoms with Gasteiger partial charge in [-0.25, -0.2) is 9.97 Å². The molecule has 0 unspecified atom stereocenters. The molecule has 2 heterocycles. The lowest BCUT2D eigenvalue weighted by Gasteiger charge is -2.14. The molecular formula is C15H15N5O. The van der Waals surface area contributed by atoms with Crippen LogP contribution < -0.4 is 0 Å². The number of hydrogen-bond acceptors (Lipinski definition) is 4. The minimum atomic E-state index is -0.140. The normalized spacial score (nSPS) is 10.8. The molecule has 0 saturated heterocycles. The molecule has 0 spiro atoms. The molecule has 21 heavy (non-hydrogen) atoms. The lowest BCUT2D eigenvalue weighted by atomic mass is 10.2. The molecule has 0 aliphatic carbocycles. The van der Waals surface area contributed by atoms with Crippen LogP contribution in [0.2, 0.25) is 0 Å². The van der Waals surface area contributed by atoms with E-state index in [1.165, 1.54) is 0 Å². The molecule has 106 valence electrons. The highest BCUT2D eigenvalue weighted by Crippen LogP contribution is 2.18. The summed E-state index contributed by atoms with van der Waals surface area (Å²) in [7, 11) is 3.56. The van der Waals surface area contributed by atoms with E-state index in [2.05, 4.69) is 15.1 Å². The first-order chi connectivity index (χ1) is 10.2. The van der Waals surface area contributed by atoms with Crippen molar-refractivity contribution in [1.82, 2.24) is 24.6 Å². The Balaban J connectivity index is 1.90. The maximum atomic E-state index is 12.6. The Labute approximate surface area is 122 Å². The van der Waals surface area contributed by atoms with Gasteiger partial charge in [0.1, 0.15) is 5.82 Å². The molecule has 1 amide bonds. The maximum absolute atomic E-state index is 12.6. The fourth-order valence-electron chi connectivity index (χ4n) is 2.25. The van der Waals surface area contributed by atoms with Crippen LogP contribution in [-0.4, -0.2) is 37.6 Å². The standard InChI is InChI=1S/C15H15N5O/c1-19(10-13-16-8-5-9-17-13)15(21)14-11-6-3-4-7-12(11)20(2)18-14/h3-9H,10H2,1-2H3. The monoisotopic (exact) mass is 281 g/mol. The minimum absolute atomic E-state index is 0.140. The Kier molecular flexibility index (Phi) is 3.35. The van der Waals surface area contributed by atoms with Crippen LogP contribution in [0.25, 0.3) is 10.9 Å². The summed E-state index contributed by atoms with van der Waals surface area (Å²) < 4.78 is 1.72. The molecule has 0 saturated carbocycles. The summed E-state index contributed by atoms with van der Waals surface area (Å²) in [4.78, 5) is 22.4. The third-order valence-electron chi connectivity index (χ3n) is 3.30. The zero-order valence-electron chi connectivity index (χ0n) is 11.9. The van der Waals surface area contributed by atoms with Crippen molar-refractivity contribution in [3.8, 4) is 0 Å². The summed E-state index contributed by atoms with van der Waals surface area (Å²) in [6, 6.07) is 9.43. The zero-order valence-corrected chi connectivity index (χ0v) is 11.9. The number of carbonyl (C=O) groups excluding carboxylic acids is 1. The number of rotatable bonds is 3. The lowest BCUT2D eigenvalue weighted by molar-refractivity contribution is 0.0776. The Morgan fingerprint density at radius 2 is 1.90 bits per heavy atom. The van der Waals surface area contributed by atoms with Gasteiger partial charge in [-0.05, 0) is 12.1 Å². The Morgan fingerprint density at radius 3 is 2.67 bits per heavy atom. The quantitative estimate of drug-likeness (QED) is 0.732. The molecule has 0 fully saturated rings. The van der Waals surface area contributed by atoms with E-state index in [0.717, 1.165) is 10.9 Å². The fourth-order valence-corrected chi connectivity index (χ4v) is 2.25. The molecule has 3 rings (SSSR count). The highest BCUT2D eigenvalue weighted by atomic mass is 16.2. The number of benzene rings is 1. The van der Waals surface area contributed by atoms with Crippen molar-refractivity contribution >= 4 is 16.8 Å². The lowest BCUT2D eigenvalue weighted by Crippen LogP contribution is -2.27. The number of aromatic nitrogens is 4. The minimum Gasteiger partial charge on any atom is -0.333 e. The molecule has 6 heteroatoms. The van der Waals surface area contributed by atoms with Gasteiger partial charge in [-0.3, -0.25) is 9.48 Å². The third-order valence-corrected chi connectivity index (χ3v) is 3.30. The smallest absolute Gasteiger partial charge is 0.275 e. The molecule has 6 nitrogen and oxygen atoms in total. The van der Waals surface area contributed by atoms with Gasteiger partial charge in [-0.1, -0.05) is 18.2 Å². The first-order valence-electron chi connectivity index (χ1n) is 6.60. The highest BCUT2D eigenvalue weighted by molar-refractivity contribution is 6.04. The molecule has 1 aromatic carbocycles. The van der Waals surface area contributed by atoms with E-state index in [1.54, 1.807) is 35.1 Å². The van der Waals surface area contributed by atoms with Crippen molar-refractivity contribution in [2.75, 3.05) is 7.05 Å². The van der Waals surface area contributed by atoms with Crippen LogP contribution in [0.4, 0.5) is 0 Å². The van der Waals surface area contributed by atoms with E-state index in [-0.39, 0.29) is 5.91 Å². The molecule has 0 aliphatic rings. The Hall–Kier alpha value is -2.76. The number of aryl methyl sites for hydroxylation is 1. The summed E-state index contributed by atoms with van der Waals surface area (Å²) in [6.45, 7) is 0.352. The summed E-state index contributed by atoms with van der Waals surface area (Å²) >= 11 is 0. The van der Waals surface area contributed by atoms with Crippen molar-refractivity contribution in [1.29, 1.82) is 0 Å². The average Bonchev–Trinajstić information content (AvgIpc) is 2.85. The van der Waals surface area contributed by atoms with Gasteiger partial charge in [-0.2, -0.15) is 5.10 Å². The second-order valence-corrected chi connectivity index (χ2v) is 4.82. The van der Waals surface area contributed by atoms with Crippen molar-refractivity contribution in [2.45, 2.75) is 6.54 Å². The summed E-state index contributed by atoms with van der Waals surface area (Å²) in [6.07, 6.45) is 3.33. The van der Waals surface area contributed by atoms with Gasteiger partial charge >= 0.3 is 0 Å². The third kappa shape index (κ3) is 2.47. The number of fused-ring (bicyclic) bond motifs is 1. The SMILES string of the molecule is CN(Cc1ncccn1)C(=O)c1nn(C)c2ccccc12.